The highest BCUT2D eigenvalue weighted by atomic mass is 79.9. The van der Waals surface area contributed by atoms with Crippen LogP contribution in [0.5, 0.6) is 0 Å². The van der Waals surface area contributed by atoms with Crippen LogP contribution in [0.4, 0.5) is 0 Å². The van der Waals surface area contributed by atoms with Gasteiger partial charge in [-0.15, -0.1) is 6.58 Å². The van der Waals surface area contributed by atoms with E-state index in [0.717, 1.165) is 26.9 Å². The summed E-state index contributed by atoms with van der Waals surface area (Å²) in [5, 5.41) is 0. The molecule has 1 unspecified atom stereocenters. The minimum absolute atomic E-state index is 0.223. The van der Waals surface area contributed by atoms with Crippen molar-refractivity contribution in [1.29, 1.82) is 0 Å². The molecule has 0 N–H and O–H groups in total. The van der Waals surface area contributed by atoms with Gasteiger partial charge >= 0.3 is 11.9 Å². The molecule has 6 heteroatoms. The average molecular weight is 420 g/mol. The Morgan fingerprint density at radius 1 is 1.42 bits per heavy atom. The molecule has 0 saturated heterocycles. The third-order valence-electron chi connectivity index (χ3n) is 4.09. The number of benzene rings is 1. The first-order chi connectivity index (χ1) is 12.5. The number of aliphatic imine (C=N–C) groups is 1. The van der Waals surface area contributed by atoms with Gasteiger partial charge in [-0.3, -0.25) is 14.6 Å². The Morgan fingerprint density at radius 2 is 2.19 bits per heavy atom. The highest BCUT2D eigenvalue weighted by molar-refractivity contribution is 9.10. The number of halogens is 1. The van der Waals surface area contributed by atoms with Gasteiger partial charge in [0.15, 0.2) is 0 Å². The van der Waals surface area contributed by atoms with E-state index >= 15 is 0 Å². The first-order valence-electron chi connectivity index (χ1n) is 8.38. The lowest BCUT2D eigenvalue weighted by atomic mass is 9.93. The van der Waals surface area contributed by atoms with E-state index in [-0.39, 0.29) is 18.4 Å². The SMILES string of the molecule is C=CCC(C(=O)OCC)C1=NC=C(c2ccc(CC(=O)OC)cc2Br)C1. The van der Waals surface area contributed by atoms with Crippen LogP contribution in [0, 0.1) is 5.92 Å². The van der Waals surface area contributed by atoms with Gasteiger partial charge in [0.1, 0.15) is 0 Å². The van der Waals surface area contributed by atoms with Gasteiger partial charge in [0, 0.05) is 22.8 Å². The molecule has 1 aliphatic heterocycles. The van der Waals surface area contributed by atoms with Gasteiger partial charge in [-0.05, 0) is 36.1 Å². The van der Waals surface area contributed by atoms with Crippen molar-refractivity contribution in [3.8, 4) is 0 Å². The van der Waals surface area contributed by atoms with Crippen molar-refractivity contribution in [2.45, 2.75) is 26.2 Å². The van der Waals surface area contributed by atoms with Crippen LogP contribution >= 0.6 is 15.9 Å². The fourth-order valence-corrected chi connectivity index (χ4v) is 3.45. The van der Waals surface area contributed by atoms with E-state index in [2.05, 4.69) is 27.5 Å². The first-order valence-corrected chi connectivity index (χ1v) is 9.18. The van der Waals surface area contributed by atoms with Crippen LogP contribution < -0.4 is 0 Å². The van der Waals surface area contributed by atoms with E-state index in [1.165, 1.54) is 7.11 Å². The molecule has 26 heavy (non-hydrogen) atoms. The minimum Gasteiger partial charge on any atom is -0.469 e. The van der Waals surface area contributed by atoms with Crippen molar-refractivity contribution in [3.05, 3.63) is 52.7 Å². The summed E-state index contributed by atoms with van der Waals surface area (Å²) in [5.41, 5.74) is 3.64. The van der Waals surface area contributed by atoms with Crippen molar-refractivity contribution in [2.75, 3.05) is 13.7 Å². The van der Waals surface area contributed by atoms with E-state index in [4.69, 9.17) is 9.47 Å². The highest BCUT2D eigenvalue weighted by Gasteiger charge is 2.28. The number of methoxy groups -OCH3 is 1. The molecule has 1 aliphatic rings. The van der Waals surface area contributed by atoms with Crippen LogP contribution in [0.25, 0.3) is 5.57 Å². The topological polar surface area (TPSA) is 65.0 Å². The third-order valence-corrected chi connectivity index (χ3v) is 4.75. The monoisotopic (exact) mass is 419 g/mol. The second-order valence-electron chi connectivity index (χ2n) is 5.85. The summed E-state index contributed by atoms with van der Waals surface area (Å²) in [5.74, 6) is -0.955. The van der Waals surface area contributed by atoms with E-state index in [1.807, 2.05) is 18.2 Å². The summed E-state index contributed by atoms with van der Waals surface area (Å²) in [6.07, 6.45) is 4.79. The summed E-state index contributed by atoms with van der Waals surface area (Å²) < 4.78 is 10.7. The first kappa shape index (κ1) is 20.1. The van der Waals surface area contributed by atoms with Gasteiger partial charge in [-0.1, -0.05) is 34.1 Å². The molecule has 0 spiro atoms. The van der Waals surface area contributed by atoms with Crippen LogP contribution in [0.3, 0.4) is 0 Å². The van der Waals surface area contributed by atoms with Crippen molar-refractivity contribution < 1.29 is 19.1 Å². The molecular formula is C20H22BrNO4. The number of carbonyl (C=O) groups is 2. The van der Waals surface area contributed by atoms with Crippen molar-refractivity contribution in [1.82, 2.24) is 0 Å². The number of hydrogen-bond acceptors (Lipinski definition) is 5. The van der Waals surface area contributed by atoms with E-state index in [0.29, 0.717) is 19.4 Å². The molecule has 138 valence electrons. The Hall–Kier alpha value is -2.21. The van der Waals surface area contributed by atoms with Crippen LogP contribution in [0.2, 0.25) is 0 Å². The van der Waals surface area contributed by atoms with Gasteiger partial charge in [0.05, 0.1) is 26.1 Å². The smallest absolute Gasteiger partial charge is 0.314 e. The maximum Gasteiger partial charge on any atom is 0.314 e. The third kappa shape index (κ3) is 4.91. The highest BCUT2D eigenvalue weighted by Crippen LogP contribution is 2.33. The largest absolute Gasteiger partial charge is 0.469 e. The lowest BCUT2D eigenvalue weighted by Gasteiger charge is -2.15. The zero-order chi connectivity index (χ0) is 19.1. The van der Waals surface area contributed by atoms with Crippen molar-refractivity contribution >= 4 is 39.2 Å². The van der Waals surface area contributed by atoms with E-state index in [9.17, 15) is 9.59 Å². The predicted octanol–water partition coefficient (Wildman–Crippen LogP) is 4.11. The molecule has 0 amide bonds. The second kappa shape index (κ2) is 9.48. The maximum absolute atomic E-state index is 12.2. The van der Waals surface area contributed by atoms with Crippen LogP contribution in [-0.2, 0) is 25.5 Å². The summed E-state index contributed by atoms with van der Waals surface area (Å²) >= 11 is 3.56. The molecule has 0 bridgehead atoms. The van der Waals surface area contributed by atoms with Gasteiger partial charge in [-0.25, -0.2) is 0 Å². The summed E-state index contributed by atoms with van der Waals surface area (Å²) in [4.78, 5) is 28.0. The van der Waals surface area contributed by atoms with Gasteiger partial charge < -0.3 is 9.47 Å². The molecule has 1 heterocycles. The number of ether oxygens (including phenoxy) is 2. The lowest BCUT2D eigenvalue weighted by Crippen LogP contribution is -2.25. The number of rotatable bonds is 8. The van der Waals surface area contributed by atoms with Gasteiger partial charge in [0.25, 0.3) is 0 Å². The molecular weight excluding hydrogens is 398 g/mol. The molecule has 2 rings (SSSR count). The molecule has 0 fully saturated rings. The Morgan fingerprint density at radius 3 is 2.81 bits per heavy atom. The summed E-state index contributed by atoms with van der Waals surface area (Å²) in [7, 11) is 1.37. The maximum atomic E-state index is 12.2. The Bertz CT molecular complexity index is 767. The van der Waals surface area contributed by atoms with E-state index in [1.54, 1.807) is 19.2 Å². The second-order valence-corrected chi connectivity index (χ2v) is 6.70. The minimum atomic E-state index is -0.404. The predicted molar refractivity (Wildman–Crippen MR) is 105 cm³/mol. The Kier molecular flexibility index (Phi) is 7.33. The normalized spacial score (nSPS) is 14.3. The van der Waals surface area contributed by atoms with Gasteiger partial charge in [-0.2, -0.15) is 0 Å². The number of esters is 2. The number of hydrogen-bond donors (Lipinski definition) is 0. The van der Waals surface area contributed by atoms with Crippen molar-refractivity contribution in [2.24, 2.45) is 10.9 Å². The van der Waals surface area contributed by atoms with Crippen LogP contribution in [0.15, 0.2) is 46.5 Å². The average Bonchev–Trinajstić information content (AvgIpc) is 3.09. The molecule has 5 nitrogen and oxygen atoms in total. The number of carbonyl (C=O) groups excluding carboxylic acids is 2. The zero-order valence-electron chi connectivity index (χ0n) is 15.0. The molecule has 0 aliphatic carbocycles. The summed E-state index contributed by atoms with van der Waals surface area (Å²) in [6, 6.07) is 5.74. The summed E-state index contributed by atoms with van der Waals surface area (Å²) in [6.45, 7) is 5.85. The molecule has 1 atom stereocenters. The Balaban J connectivity index is 2.12. The molecule has 0 radical (unpaired) electrons. The molecule has 0 aromatic heterocycles. The quantitative estimate of drug-likeness (QED) is 0.469. The Labute approximate surface area is 161 Å². The van der Waals surface area contributed by atoms with E-state index < -0.39 is 5.92 Å². The molecule has 1 aromatic rings. The van der Waals surface area contributed by atoms with Crippen LogP contribution in [0.1, 0.15) is 30.9 Å². The van der Waals surface area contributed by atoms with Crippen LogP contribution in [-0.4, -0.2) is 31.4 Å². The van der Waals surface area contributed by atoms with Crippen molar-refractivity contribution in [3.63, 3.8) is 0 Å². The van der Waals surface area contributed by atoms with Gasteiger partial charge in [0.2, 0.25) is 0 Å². The number of nitrogens with zero attached hydrogens (tertiary/aromatic N) is 1. The fraction of sp³-hybridized carbons (Fsp3) is 0.350. The molecule has 0 saturated carbocycles. The zero-order valence-corrected chi connectivity index (χ0v) is 16.5. The fourth-order valence-electron chi connectivity index (χ4n) is 2.77. The lowest BCUT2D eigenvalue weighted by molar-refractivity contribution is -0.145. The molecule has 1 aromatic carbocycles. The number of allylic oxidation sites excluding steroid dienone is 2. The standard InChI is InChI=1S/C20H22BrNO4/c1-4-6-16(20(24)26-5-2)18-11-14(12-22-18)15-8-7-13(9-17(15)21)10-19(23)25-3/h4,7-9,12,16H,1,5-6,10-11H2,2-3H3.